The smallest absolute Gasteiger partial charge is 0.160 e. The number of anilines is 1. The fourth-order valence-electron chi connectivity index (χ4n) is 1.43. The molecule has 1 N–H and O–H groups in total. The molecule has 0 aliphatic carbocycles. The Bertz CT molecular complexity index is 312. The van der Waals surface area contributed by atoms with Gasteiger partial charge in [-0.25, -0.2) is 0 Å². The van der Waals surface area contributed by atoms with Crippen LogP contribution in [0.5, 0.6) is 0 Å². The summed E-state index contributed by atoms with van der Waals surface area (Å²) < 4.78 is 18.5. The van der Waals surface area contributed by atoms with Crippen molar-refractivity contribution in [3.05, 3.63) is 30.3 Å². The number of morpholine rings is 1. The van der Waals surface area contributed by atoms with E-state index in [1.54, 1.807) is 0 Å². The molecule has 0 spiro atoms. The summed E-state index contributed by atoms with van der Waals surface area (Å²) in [5.74, 6) is 0. The van der Waals surface area contributed by atoms with Crippen LogP contribution in [-0.2, 0) is 4.74 Å². The lowest BCUT2D eigenvalue weighted by molar-refractivity contribution is -0.113. The lowest BCUT2D eigenvalue weighted by Gasteiger charge is -2.32. The van der Waals surface area contributed by atoms with Crippen molar-refractivity contribution in [3.63, 3.8) is 0 Å². The predicted molar refractivity (Wildman–Crippen MR) is 57.3 cm³/mol. The molecule has 1 aromatic rings. The first-order valence-electron chi connectivity index (χ1n) is 4.77. The molecule has 1 fully saturated rings. The van der Waals surface area contributed by atoms with E-state index in [9.17, 15) is 4.48 Å². The van der Waals surface area contributed by atoms with Crippen LogP contribution < -0.4 is 5.32 Å². The molecule has 1 heterocycles. The molecule has 1 aliphatic rings. The van der Waals surface area contributed by atoms with Crippen molar-refractivity contribution in [2.45, 2.75) is 11.7 Å². The molecule has 0 bridgehead atoms. The van der Waals surface area contributed by atoms with E-state index in [-0.39, 0.29) is 6.54 Å². The van der Waals surface area contributed by atoms with E-state index in [2.05, 4.69) is 5.32 Å². The Kier molecular flexibility index (Phi) is 3.41. The molecule has 2 rings (SSSR count). The molecule has 1 saturated heterocycles. The molecule has 82 valence electrons. The van der Waals surface area contributed by atoms with Crippen LogP contribution in [0.3, 0.4) is 0 Å². The van der Waals surface area contributed by atoms with Gasteiger partial charge in [0.2, 0.25) is 0 Å². The summed E-state index contributed by atoms with van der Waals surface area (Å²) >= 11 is 5.85. The van der Waals surface area contributed by atoms with E-state index in [1.807, 2.05) is 30.3 Å². The van der Waals surface area contributed by atoms with Crippen molar-refractivity contribution < 1.29 is 9.22 Å². The fourth-order valence-corrected chi connectivity index (χ4v) is 1.66. The van der Waals surface area contributed by atoms with Gasteiger partial charge in [0.25, 0.3) is 0 Å². The third-order valence-electron chi connectivity index (χ3n) is 2.20. The second-order valence-corrected chi connectivity index (χ2v) is 3.74. The van der Waals surface area contributed by atoms with E-state index < -0.39 is 11.7 Å². The van der Waals surface area contributed by atoms with E-state index in [0.29, 0.717) is 11.7 Å². The molecule has 1 aromatic carbocycles. The summed E-state index contributed by atoms with van der Waals surface area (Å²) in [5, 5.41) is 3.60. The molecule has 15 heavy (non-hydrogen) atoms. The lowest BCUT2D eigenvalue weighted by atomic mass is 10.3. The maximum atomic E-state index is 13.1. The molecule has 0 radical (unpaired) electrons. The third-order valence-corrected chi connectivity index (χ3v) is 2.64. The Balaban J connectivity index is 1.99. The maximum absolute atomic E-state index is 13.1. The Morgan fingerprint density at radius 3 is 2.87 bits per heavy atom. The second-order valence-electron chi connectivity index (χ2n) is 3.30. The average molecular weight is 231 g/mol. The van der Waals surface area contributed by atoms with Gasteiger partial charge in [-0.2, -0.15) is 0 Å². The van der Waals surface area contributed by atoms with Crippen LogP contribution in [0.15, 0.2) is 30.3 Å². The quantitative estimate of drug-likeness (QED) is 0.479. The van der Waals surface area contributed by atoms with Crippen molar-refractivity contribution in [2.24, 2.45) is 0 Å². The molecule has 2 unspecified atom stereocenters. The largest absolute Gasteiger partial charge is 0.358 e. The minimum absolute atomic E-state index is 0.209. The molecule has 0 amide bonds. The fraction of sp³-hybridized carbons (Fsp3) is 0.400. The highest BCUT2D eigenvalue weighted by molar-refractivity contribution is 6.20. The van der Waals surface area contributed by atoms with Crippen LogP contribution >= 0.6 is 11.6 Å². The number of rotatable bonds is 2. The van der Waals surface area contributed by atoms with Gasteiger partial charge in [-0.1, -0.05) is 29.8 Å². The maximum Gasteiger partial charge on any atom is 0.160 e. The molecule has 3 nitrogen and oxygen atoms in total. The van der Waals surface area contributed by atoms with Crippen molar-refractivity contribution in [3.8, 4) is 0 Å². The molecule has 1 aliphatic heterocycles. The summed E-state index contributed by atoms with van der Waals surface area (Å²) in [6.07, 6.45) is -0.521. The Hall–Kier alpha value is -0.840. The number of hydrogen-bond donors (Lipinski definition) is 1. The highest BCUT2D eigenvalue weighted by Crippen LogP contribution is 2.20. The van der Waals surface area contributed by atoms with Crippen molar-refractivity contribution in [2.75, 3.05) is 18.5 Å². The highest BCUT2D eigenvalue weighted by atomic mass is 35.5. The minimum atomic E-state index is -0.793. The number of hydrogen-bond acceptors (Lipinski definition) is 3. The van der Waals surface area contributed by atoms with E-state index in [4.69, 9.17) is 16.3 Å². The van der Waals surface area contributed by atoms with Gasteiger partial charge in [0.15, 0.2) is 11.7 Å². The minimum Gasteiger partial charge on any atom is -0.358 e. The van der Waals surface area contributed by atoms with E-state index in [1.165, 1.54) is 0 Å². The van der Waals surface area contributed by atoms with Crippen LogP contribution in [0.2, 0.25) is 0 Å². The zero-order valence-electron chi connectivity index (χ0n) is 8.07. The number of nitrogens with zero attached hydrogens (tertiary/aromatic N) is 1. The number of para-hydroxylation sites is 1. The van der Waals surface area contributed by atoms with Gasteiger partial charge in [0.05, 0.1) is 13.2 Å². The third kappa shape index (κ3) is 2.59. The predicted octanol–water partition coefficient (Wildman–Crippen LogP) is 2.21. The van der Waals surface area contributed by atoms with Crippen LogP contribution in [0.4, 0.5) is 10.2 Å². The SMILES string of the molecule is FN1CCOC(Nc2ccccc2)C1Cl. The monoisotopic (exact) mass is 230 g/mol. The van der Waals surface area contributed by atoms with E-state index in [0.717, 1.165) is 5.69 Å². The number of halogens is 2. The van der Waals surface area contributed by atoms with Crippen molar-refractivity contribution in [1.29, 1.82) is 0 Å². The van der Waals surface area contributed by atoms with Gasteiger partial charge >= 0.3 is 0 Å². The van der Waals surface area contributed by atoms with Crippen molar-refractivity contribution in [1.82, 2.24) is 5.12 Å². The second kappa shape index (κ2) is 4.79. The summed E-state index contributed by atoms with van der Waals surface area (Å²) in [4.78, 5) is 0. The number of benzene rings is 1. The average Bonchev–Trinajstić information content (AvgIpc) is 2.26. The first kappa shape index (κ1) is 10.7. The van der Waals surface area contributed by atoms with Gasteiger partial charge < -0.3 is 10.1 Å². The molecule has 0 aromatic heterocycles. The topological polar surface area (TPSA) is 24.5 Å². The Morgan fingerprint density at radius 1 is 1.40 bits per heavy atom. The standard InChI is InChI=1S/C10H12ClFN2O/c11-9-10(15-7-6-14(9)12)13-8-4-2-1-3-5-8/h1-5,9-10,13H,6-7H2. The molecular weight excluding hydrogens is 219 g/mol. The lowest BCUT2D eigenvalue weighted by Crippen LogP contribution is -2.47. The van der Waals surface area contributed by atoms with Crippen LogP contribution in [-0.4, -0.2) is 30.0 Å². The zero-order valence-corrected chi connectivity index (χ0v) is 8.82. The number of nitrogens with one attached hydrogen (secondary N) is 1. The van der Waals surface area contributed by atoms with Gasteiger partial charge in [-0.15, -0.1) is 9.60 Å². The zero-order chi connectivity index (χ0) is 10.7. The first-order valence-corrected chi connectivity index (χ1v) is 5.21. The summed E-state index contributed by atoms with van der Waals surface area (Å²) in [5.41, 5.74) is 0.0717. The number of ether oxygens (including phenoxy) is 1. The van der Waals surface area contributed by atoms with Crippen LogP contribution in [0.1, 0.15) is 0 Å². The van der Waals surface area contributed by atoms with Gasteiger partial charge in [-0.3, -0.25) is 0 Å². The number of alkyl halides is 1. The van der Waals surface area contributed by atoms with Gasteiger partial charge in [0.1, 0.15) is 0 Å². The highest BCUT2D eigenvalue weighted by Gasteiger charge is 2.30. The summed E-state index contributed by atoms with van der Waals surface area (Å²) in [6.45, 7) is 0.547. The van der Waals surface area contributed by atoms with Gasteiger partial charge in [-0.05, 0) is 12.1 Å². The normalized spacial score (nSPS) is 27.6. The van der Waals surface area contributed by atoms with E-state index >= 15 is 0 Å². The first-order chi connectivity index (χ1) is 7.27. The summed E-state index contributed by atoms with van der Waals surface area (Å²) in [6, 6.07) is 9.45. The van der Waals surface area contributed by atoms with Crippen LogP contribution in [0.25, 0.3) is 0 Å². The Morgan fingerprint density at radius 2 is 2.13 bits per heavy atom. The molecule has 0 saturated carbocycles. The Labute approximate surface area is 92.7 Å². The summed E-state index contributed by atoms with van der Waals surface area (Å²) in [7, 11) is 0. The molecule has 2 atom stereocenters. The molecule has 5 heteroatoms. The molecular formula is C10H12ClFN2O. The van der Waals surface area contributed by atoms with Gasteiger partial charge in [0, 0.05) is 5.69 Å². The van der Waals surface area contributed by atoms with Crippen LogP contribution in [0, 0.1) is 0 Å². The van der Waals surface area contributed by atoms with Crippen molar-refractivity contribution >= 4 is 17.3 Å².